The van der Waals surface area contributed by atoms with Crippen LogP contribution in [0.25, 0.3) is 0 Å². The number of benzene rings is 1. The molecule has 0 fully saturated rings. The van der Waals surface area contributed by atoms with E-state index in [-0.39, 0.29) is 22.2 Å². The van der Waals surface area contributed by atoms with Crippen molar-refractivity contribution < 1.29 is 13.9 Å². The molecule has 0 aliphatic carbocycles. The fourth-order valence-corrected chi connectivity index (χ4v) is 1.83. The van der Waals surface area contributed by atoms with Crippen LogP contribution in [0.1, 0.15) is 24.9 Å². The first-order valence-corrected chi connectivity index (χ1v) is 5.40. The number of phenols is 1. The number of hydrogen-bond donors (Lipinski definition) is 2. The highest BCUT2D eigenvalue weighted by atomic mass is 79.9. The number of hydrogen-bond acceptors (Lipinski definition) is 2. The van der Waals surface area contributed by atoms with E-state index in [0.29, 0.717) is 0 Å². The molecule has 0 radical (unpaired) electrons. The van der Waals surface area contributed by atoms with Crippen molar-refractivity contribution in [3.63, 3.8) is 0 Å². The summed E-state index contributed by atoms with van der Waals surface area (Å²) in [5.41, 5.74) is 6.19. The molecule has 2 nitrogen and oxygen atoms in total. The molecule has 1 atom stereocenters. The van der Waals surface area contributed by atoms with Crippen LogP contribution in [-0.2, 0) is 0 Å². The van der Waals surface area contributed by atoms with E-state index in [1.54, 1.807) is 6.92 Å². The minimum Gasteiger partial charge on any atom is -0.506 e. The minimum atomic E-state index is -1.12. The summed E-state index contributed by atoms with van der Waals surface area (Å²) in [7, 11) is 0. The Morgan fingerprint density at radius 2 is 2.19 bits per heavy atom. The third-order valence-electron chi connectivity index (χ3n) is 2.12. The van der Waals surface area contributed by atoms with E-state index in [0.717, 1.165) is 11.6 Å². The Bertz CT molecular complexity index is 408. The van der Waals surface area contributed by atoms with Crippen molar-refractivity contribution in [1.82, 2.24) is 0 Å². The van der Waals surface area contributed by atoms with E-state index < -0.39 is 17.7 Å². The zero-order chi connectivity index (χ0) is 12.5. The summed E-state index contributed by atoms with van der Waals surface area (Å²) in [5, 5.41) is 9.62. The van der Waals surface area contributed by atoms with Gasteiger partial charge in [-0.2, -0.15) is 0 Å². The highest BCUT2D eigenvalue weighted by Gasteiger charge is 2.22. The second-order valence-corrected chi connectivity index (χ2v) is 4.54. The third-order valence-corrected chi connectivity index (χ3v) is 2.72. The van der Waals surface area contributed by atoms with Gasteiger partial charge in [0.2, 0.25) is 0 Å². The van der Waals surface area contributed by atoms with E-state index in [1.165, 1.54) is 0 Å². The van der Waals surface area contributed by atoms with Gasteiger partial charge in [-0.15, -0.1) is 6.58 Å². The zero-order valence-electron chi connectivity index (χ0n) is 8.73. The van der Waals surface area contributed by atoms with Gasteiger partial charge in [-0.1, -0.05) is 5.57 Å². The van der Waals surface area contributed by atoms with Crippen LogP contribution in [0, 0.1) is 11.6 Å². The Kier molecular flexibility index (Phi) is 4.04. The largest absolute Gasteiger partial charge is 0.506 e. The van der Waals surface area contributed by atoms with Crippen molar-refractivity contribution in [3.05, 3.63) is 39.9 Å². The Morgan fingerprint density at radius 1 is 1.62 bits per heavy atom. The summed E-state index contributed by atoms with van der Waals surface area (Å²) in [4.78, 5) is 0. The lowest BCUT2D eigenvalue weighted by molar-refractivity contribution is 0.427. The Balaban J connectivity index is 3.26. The van der Waals surface area contributed by atoms with Crippen LogP contribution in [0.5, 0.6) is 5.75 Å². The van der Waals surface area contributed by atoms with E-state index in [1.807, 2.05) is 0 Å². The molecule has 0 aliphatic heterocycles. The number of nitrogens with two attached hydrogens (primary N) is 1. The smallest absolute Gasteiger partial charge is 0.167 e. The zero-order valence-corrected chi connectivity index (χ0v) is 10.3. The van der Waals surface area contributed by atoms with Gasteiger partial charge in [0, 0.05) is 6.04 Å². The highest BCUT2D eigenvalue weighted by Crippen LogP contribution is 2.36. The molecule has 0 aliphatic rings. The molecular weight excluding hydrogens is 280 g/mol. The maximum Gasteiger partial charge on any atom is 0.167 e. The van der Waals surface area contributed by atoms with Crippen LogP contribution >= 0.6 is 15.9 Å². The molecule has 0 bridgehead atoms. The van der Waals surface area contributed by atoms with E-state index in [4.69, 9.17) is 5.73 Å². The van der Waals surface area contributed by atoms with Crippen LogP contribution in [0.4, 0.5) is 8.78 Å². The Hall–Kier alpha value is -0.940. The maximum absolute atomic E-state index is 13.5. The number of phenolic OH excluding ortho intramolecular Hbond substituents is 1. The van der Waals surface area contributed by atoms with Gasteiger partial charge in [0.15, 0.2) is 11.6 Å². The standard InChI is InChI=1S/C11H12BrF2NO/c1-5(2)3-8(15)9-10(14)7(13)4-6(12)11(9)16/h4,8,16H,1,3,15H2,2H3/t8-/m0/s1. The summed E-state index contributed by atoms with van der Waals surface area (Å²) in [6.45, 7) is 5.36. The fraction of sp³-hybridized carbons (Fsp3) is 0.273. The monoisotopic (exact) mass is 291 g/mol. The molecule has 1 aromatic carbocycles. The summed E-state index contributed by atoms with van der Waals surface area (Å²) in [6.07, 6.45) is 0.278. The van der Waals surface area contributed by atoms with Gasteiger partial charge >= 0.3 is 0 Å². The molecule has 16 heavy (non-hydrogen) atoms. The predicted octanol–water partition coefficient (Wildman–Crippen LogP) is 3.40. The van der Waals surface area contributed by atoms with Gasteiger partial charge < -0.3 is 10.8 Å². The first-order chi connectivity index (χ1) is 7.34. The van der Waals surface area contributed by atoms with Crippen LogP contribution in [-0.4, -0.2) is 5.11 Å². The minimum absolute atomic E-state index is 0.0820. The van der Waals surface area contributed by atoms with Gasteiger partial charge in [0.25, 0.3) is 0 Å². The summed E-state index contributed by atoms with van der Waals surface area (Å²) in [5.74, 6) is -2.53. The molecule has 1 aromatic rings. The van der Waals surface area contributed by atoms with E-state index >= 15 is 0 Å². The molecule has 0 saturated carbocycles. The molecule has 1 rings (SSSR count). The molecule has 0 saturated heterocycles. The average Bonchev–Trinajstić information content (AvgIpc) is 2.14. The second-order valence-electron chi connectivity index (χ2n) is 3.68. The van der Waals surface area contributed by atoms with Gasteiger partial charge in [-0.3, -0.25) is 0 Å². The van der Waals surface area contributed by atoms with Crippen LogP contribution in [0.2, 0.25) is 0 Å². The molecule has 0 spiro atoms. The quantitative estimate of drug-likeness (QED) is 0.662. The molecule has 3 N–H and O–H groups in total. The molecule has 0 heterocycles. The average molecular weight is 292 g/mol. The molecule has 5 heteroatoms. The van der Waals surface area contributed by atoms with Crippen molar-refractivity contribution >= 4 is 15.9 Å². The SMILES string of the molecule is C=C(C)C[C@H](N)c1c(O)c(Br)cc(F)c1F. The molecule has 0 amide bonds. The molecular formula is C11H12BrF2NO. The van der Waals surface area contributed by atoms with Gasteiger partial charge in [0.1, 0.15) is 5.75 Å². The normalized spacial score (nSPS) is 12.6. The third kappa shape index (κ3) is 2.59. The Labute approximate surface area is 101 Å². The van der Waals surface area contributed by atoms with Gasteiger partial charge in [-0.25, -0.2) is 8.78 Å². The Morgan fingerprint density at radius 3 is 2.69 bits per heavy atom. The maximum atomic E-state index is 13.5. The highest BCUT2D eigenvalue weighted by molar-refractivity contribution is 9.10. The van der Waals surface area contributed by atoms with Crippen molar-refractivity contribution in [3.8, 4) is 5.75 Å². The van der Waals surface area contributed by atoms with Gasteiger partial charge in [-0.05, 0) is 35.3 Å². The lowest BCUT2D eigenvalue weighted by Gasteiger charge is -2.15. The van der Waals surface area contributed by atoms with Crippen LogP contribution < -0.4 is 5.73 Å². The lowest BCUT2D eigenvalue weighted by Crippen LogP contribution is -2.14. The second kappa shape index (κ2) is 4.93. The number of rotatable bonds is 3. The molecule has 0 unspecified atom stereocenters. The van der Waals surface area contributed by atoms with Gasteiger partial charge in [0.05, 0.1) is 10.0 Å². The lowest BCUT2D eigenvalue weighted by atomic mass is 9.99. The number of halogens is 3. The topological polar surface area (TPSA) is 46.2 Å². The van der Waals surface area contributed by atoms with E-state index in [9.17, 15) is 13.9 Å². The summed E-state index contributed by atoms with van der Waals surface area (Å²) in [6, 6.07) is 0.0475. The van der Waals surface area contributed by atoms with Crippen molar-refractivity contribution in [2.24, 2.45) is 5.73 Å². The van der Waals surface area contributed by atoms with Crippen molar-refractivity contribution in [2.45, 2.75) is 19.4 Å². The van der Waals surface area contributed by atoms with Crippen LogP contribution in [0.3, 0.4) is 0 Å². The summed E-state index contributed by atoms with van der Waals surface area (Å²) >= 11 is 2.93. The summed E-state index contributed by atoms with van der Waals surface area (Å²) < 4.78 is 26.7. The van der Waals surface area contributed by atoms with Crippen LogP contribution in [0.15, 0.2) is 22.7 Å². The van der Waals surface area contributed by atoms with E-state index in [2.05, 4.69) is 22.5 Å². The predicted molar refractivity (Wildman–Crippen MR) is 62.1 cm³/mol. The first-order valence-electron chi connectivity index (χ1n) is 4.61. The number of aromatic hydroxyl groups is 1. The van der Waals surface area contributed by atoms with Crippen molar-refractivity contribution in [1.29, 1.82) is 0 Å². The molecule has 0 aromatic heterocycles. The fourth-order valence-electron chi connectivity index (χ4n) is 1.42. The molecule has 88 valence electrons. The first kappa shape index (κ1) is 13.1. The van der Waals surface area contributed by atoms with Crippen molar-refractivity contribution in [2.75, 3.05) is 0 Å².